The van der Waals surface area contributed by atoms with Crippen LogP contribution in [0.1, 0.15) is 29.9 Å². The molecule has 110 valence electrons. The topological polar surface area (TPSA) is 66.5 Å². The highest BCUT2D eigenvalue weighted by Gasteiger charge is 2.04. The number of amides is 1. The van der Waals surface area contributed by atoms with E-state index in [4.69, 9.17) is 4.74 Å². The van der Waals surface area contributed by atoms with Gasteiger partial charge >= 0.3 is 0 Å². The molecule has 0 aliphatic heterocycles. The number of carbonyl (C=O) groups is 1. The molecule has 5 heteroatoms. The predicted octanol–water partition coefficient (Wildman–Crippen LogP) is 2.81. The van der Waals surface area contributed by atoms with Gasteiger partial charge in [0.05, 0.1) is 18.5 Å². The Balaban J connectivity index is 1.87. The van der Waals surface area contributed by atoms with Crippen LogP contribution in [-0.2, 0) is 0 Å². The number of rotatable bonds is 6. The van der Waals surface area contributed by atoms with Crippen LogP contribution in [0, 0.1) is 5.92 Å². The van der Waals surface area contributed by atoms with E-state index < -0.39 is 0 Å². The van der Waals surface area contributed by atoms with E-state index >= 15 is 0 Å². The number of aromatic nitrogens is 1. The second-order valence-electron chi connectivity index (χ2n) is 5.05. The summed E-state index contributed by atoms with van der Waals surface area (Å²) in [5, 5.41) is 3.89. The SMILES string of the molecule is CC(C)COc1ccc(C(=O)N/N=C/c2ccc[nH]2)cc1. The zero-order valence-corrected chi connectivity index (χ0v) is 12.2. The lowest BCUT2D eigenvalue weighted by Crippen LogP contribution is -2.17. The average molecular weight is 285 g/mol. The van der Waals surface area contributed by atoms with Crippen LogP contribution < -0.4 is 10.2 Å². The maximum Gasteiger partial charge on any atom is 0.271 e. The number of benzene rings is 1. The highest BCUT2D eigenvalue weighted by atomic mass is 16.5. The summed E-state index contributed by atoms with van der Waals surface area (Å²) < 4.78 is 5.57. The normalized spacial score (nSPS) is 11.0. The Bertz CT molecular complexity index is 586. The Hall–Kier alpha value is -2.56. The van der Waals surface area contributed by atoms with Gasteiger partial charge in [-0.2, -0.15) is 5.10 Å². The summed E-state index contributed by atoms with van der Waals surface area (Å²) >= 11 is 0. The number of nitrogens with one attached hydrogen (secondary N) is 2. The fourth-order valence-electron chi connectivity index (χ4n) is 1.61. The quantitative estimate of drug-likeness (QED) is 0.633. The Kier molecular flexibility index (Phi) is 5.15. The van der Waals surface area contributed by atoms with Crippen molar-refractivity contribution in [1.82, 2.24) is 10.4 Å². The summed E-state index contributed by atoms with van der Waals surface area (Å²) in [5.74, 6) is 0.971. The number of hydrogen-bond donors (Lipinski definition) is 2. The molecule has 0 bridgehead atoms. The van der Waals surface area contributed by atoms with Crippen LogP contribution in [-0.4, -0.2) is 23.7 Å². The number of aromatic amines is 1. The maximum absolute atomic E-state index is 11.9. The van der Waals surface area contributed by atoms with Crippen molar-refractivity contribution in [2.24, 2.45) is 11.0 Å². The number of carbonyl (C=O) groups excluding carboxylic acids is 1. The molecule has 0 saturated heterocycles. The summed E-state index contributed by atoms with van der Waals surface area (Å²) in [6.07, 6.45) is 3.34. The van der Waals surface area contributed by atoms with E-state index in [0.29, 0.717) is 18.1 Å². The molecule has 1 aromatic heterocycles. The second-order valence-corrected chi connectivity index (χ2v) is 5.05. The molecule has 0 unspecified atom stereocenters. The van der Waals surface area contributed by atoms with Gasteiger partial charge in [-0.1, -0.05) is 13.8 Å². The lowest BCUT2D eigenvalue weighted by Gasteiger charge is -2.08. The molecule has 0 spiro atoms. The van der Waals surface area contributed by atoms with Gasteiger partial charge in [-0.25, -0.2) is 5.43 Å². The van der Waals surface area contributed by atoms with Gasteiger partial charge in [-0.3, -0.25) is 4.79 Å². The molecule has 0 aliphatic carbocycles. The van der Waals surface area contributed by atoms with E-state index in [0.717, 1.165) is 11.4 Å². The third kappa shape index (κ3) is 4.80. The van der Waals surface area contributed by atoms with E-state index in [1.807, 2.05) is 12.1 Å². The number of ether oxygens (including phenoxy) is 1. The standard InChI is InChI=1S/C16H19N3O2/c1-12(2)11-21-15-7-5-13(6-8-15)16(20)19-18-10-14-4-3-9-17-14/h3-10,12,17H,11H2,1-2H3,(H,19,20)/b18-10+. The minimum Gasteiger partial charge on any atom is -0.493 e. The Morgan fingerprint density at radius 3 is 2.71 bits per heavy atom. The first kappa shape index (κ1) is 14.8. The van der Waals surface area contributed by atoms with Gasteiger partial charge in [-0.05, 0) is 42.3 Å². The highest BCUT2D eigenvalue weighted by molar-refractivity contribution is 5.94. The third-order valence-corrected chi connectivity index (χ3v) is 2.69. The highest BCUT2D eigenvalue weighted by Crippen LogP contribution is 2.13. The van der Waals surface area contributed by atoms with Crippen molar-refractivity contribution in [3.63, 3.8) is 0 Å². The number of H-pyrrole nitrogens is 1. The number of hydrogen-bond acceptors (Lipinski definition) is 3. The van der Waals surface area contributed by atoms with E-state index in [-0.39, 0.29) is 5.91 Å². The molecule has 0 aliphatic rings. The van der Waals surface area contributed by atoms with Gasteiger partial charge in [0, 0.05) is 11.8 Å². The first-order chi connectivity index (χ1) is 10.1. The molecule has 0 atom stereocenters. The largest absolute Gasteiger partial charge is 0.493 e. The summed E-state index contributed by atoms with van der Waals surface area (Å²) in [6, 6.07) is 10.7. The van der Waals surface area contributed by atoms with Crippen LogP contribution in [0.15, 0.2) is 47.7 Å². The predicted molar refractivity (Wildman–Crippen MR) is 82.6 cm³/mol. The van der Waals surface area contributed by atoms with Gasteiger partial charge in [0.1, 0.15) is 5.75 Å². The van der Waals surface area contributed by atoms with E-state index in [1.165, 1.54) is 0 Å². The zero-order valence-electron chi connectivity index (χ0n) is 12.2. The molecular formula is C16H19N3O2. The van der Waals surface area contributed by atoms with Crippen molar-refractivity contribution in [1.29, 1.82) is 0 Å². The van der Waals surface area contributed by atoms with Crippen LogP contribution in [0.2, 0.25) is 0 Å². The van der Waals surface area contributed by atoms with Crippen molar-refractivity contribution in [2.75, 3.05) is 6.61 Å². The Morgan fingerprint density at radius 1 is 1.33 bits per heavy atom. The van der Waals surface area contributed by atoms with Crippen LogP contribution in [0.5, 0.6) is 5.75 Å². The third-order valence-electron chi connectivity index (χ3n) is 2.69. The lowest BCUT2D eigenvalue weighted by molar-refractivity contribution is 0.0955. The molecule has 2 aromatic rings. The second kappa shape index (κ2) is 7.28. The summed E-state index contributed by atoms with van der Waals surface area (Å²) in [5.41, 5.74) is 3.84. The van der Waals surface area contributed by atoms with Crippen molar-refractivity contribution < 1.29 is 9.53 Å². The first-order valence-corrected chi connectivity index (χ1v) is 6.85. The molecule has 1 amide bonds. The van der Waals surface area contributed by atoms with E-state index in [9.17, 15) is 4.79 Å². The molecule has 2 N–H and O–H groups in total. The molecule has 1 heterocycles. The van der Waals surface area contributed by atoms with Gasteiger partial charge in [0.15, 0.2) is 0 Å². The van der Waals surface area contributed by atoms with E-state index in [1.54, 1.807) is 36.7 Å². The van der Waals surface area contributed by atoms with Crippen LogP contribution >= 0.6 is 0 Å². The average Bonchev–Trinajstić information content (AvgIpc) is 2.99. The number of hydrazone groups is 1. The molecule has 5 nitrogen and oxygen atoms in total. The molecule has 21 heavy (non-hydrogen) atoms. The Morgan fingerprint density at radius 2 is 2.10 bits per heavy atom. The minimum absolute atomic E-state index is 0.256. The van der Waals surface area contributed by atoms with Crippen molar-refractivity contribution >= 4 is 12.1 Å². The van der Waals surface area contributed by atoms with Crippen LogP contribution in [0.3, 0.4) is 0 Å². The molecule has 0 fully saturated rings. The van der Waals surface area contributed by atoms with Gasteiger partial charge in [0.2, 0.25) is 0 Å². The van der Waals surface area contributed by atoms with E-state index in [2.05, 4.69) is 29.4 Å². The monoisotopic (exact) mass is 285 g/mol. The Labute approximate surface area is 124 Å². The van der Waals surface area contributed by atoms with Crippen molar-refractivity contribution in [3.05, 3.63) is 53.9 Å². The fourth-order valence-corrected chi connectivity index (χ4v) is 1.61. The molecular weight excluding hydrogens is 266 g/mol. The van der Waals surface area contributed by atoms with Gasteiger partial charge < -0.3 is 9.72 Å². The smallest absolute Gasteiger partial charge is 0.271 e. The maximum atomic E-state index is 11.9. The fraction of sp³-hybridized carbons (Fsp3) is 0.250. The summed E-state index contributed by atoms with van der Waals surface area (Å²) in [7, 11) is 0. The van der Waals surface area contributed by atoms with Crippen LogP contribution in [0.4, 0.5) is 0 Å². The minimum atomic E-state index is -0.256. The zero-order chi connectivity index (χ0) is 15.1. The van der Waals surface area contributed by atoms with Gasteiger partial charge in [0.25, 0.3) is 5.91 Å². The number of nitrogens with zero attached hydrogens (tertiary/aromatic N) is 1. The molecule has 0 radical (unpaired) electrons. The molecule has 2 rings (SSSR count). The van der Waals surface area contributed by atoms with Crippen molar-refractivity contribution in [2.45, 2.75) is 13.8 Å². The lowest BCUT2D eigenvalue weighted by atomic mass is 10.2. The first-order valence-electron chi connectivity index (χ1n) is 6.85. The summed E-state index contributed by atoms with van der Waals surface area (Å²) in [4.78, 5) is 14.8. The van der Waals surface area contributed by atoms with Crippen LogP contribution in [0.25, 0.3) is 0 Å². The molecule has 1 aromatic carbocycles. The van der Waals surface area contributed by atoms with Crippen molar-refractivity contribution in [3.8, 4) is 5.75 Å². The van der Waals surface area contributed by atoms with Gasteiger partial charge in [-0.15, -0.1) is 0 Å². The summed E-state index contributed by atoms with van der Waals surface area (Å²) in [6.45, 7) is 4.83. The molecule has 0 saturated carbocycles.